The Kier molecular flexibility index (Phi) is 5.25. The Hall–Kier alpha value is -1.10. The van der Waals surface area contributed by atoms with Crippen molar-refractivity contribution in [2.75, 3.05) is 26.2 Å². The minimum atomic E-state index is -0.794. The van der Waals surface area contributed by atoms with Crippen molar-refractivity contribution in [1.29, 1.82) is 0 Å². The molecule has 5 heteroatoms. The Morgan fingerprint density at radius 1 is 1.38 bits per heavy atom. The highest BCUT2D eigenvalue weighted by Crippen LogP contribution is 2.25. The molecule has 1 amide bonds. The van der Waals surface area contributed by atoms with Crippen LogP contribution in [0.2, 0.25) is 0 Å². The normalized spacial score (nSPS) is 14.9. The molecular formula is C11H20N2O3. The maximum atomic E-state index is 11.2. The van der Waals surface area contributed by atoms with E-state index in [1.165, 1.54) is 12.8 Å². The minimum Gasteiger partial charge on any atom is -0.459 e. The Morgan fingerprint density at radius 3 is 2.56 bits per heavy atom. The topological polar surface area (TPSA) is 58.6 Å². The lowest BCUT2D eigenvalue weighted by atomic mass is 10.4. The minimum absolute atomic E-state index is 0.232. The fourth-order valence-corrected chi connectivity index (χ4v) is 1.62. The van der Waals surface area contributed by atoms with Gasteiger partial charge in [0, 0.05) is 19.1 Å². The first kappa shape index (κ1) is 13.0. The van der Waals surface area contributed by atoms with Crippen LogP contribution in [0.5, 0.6) is 0 Å². The van der Waals surface area contributed by atoms with Crippen molar-refractivity contribution in [3.05, 3.63) is 0 Å². The van der Waals surface area contributed by atoms with Crippen LogP contribution in [-0.4, -0.2) is 49.1 Å². The molecule has 5 nitrogen and oxygen atoms in total. The van der Waals surface area contributed by atoms with E-state index < -0.39 is 11.9 Å². The van der Waals surface area contributed by atoms with E-state index in [0.29, 0.717) is 12.6 Å². The first-order valence-corrected chi connectivity index (χ1v) is 5.88. The van der Waals surface area contributed by atoms with Gasteiger partial charge in [0.25, 0.3) is 0 Å². The van der Waals surface area contributed by atoms with Crippen molar-refractivity contribution < 1.29 is 14.3 Å². The number of rotatable bonds is 6. The number of hydrogen-bond acceptors (Lipinski definition) is 4. The lowest BCUT2D eigenvalue weighted by molar-refractivity contribution is -0.154. The van der Waals surface area contributed by atoms with Gasteiger partial charge < -0.3 is 10.1 Å². The third-order valence-corrected chi connectivity index (χ3v) is 2.61. The molecule has 0 heterocycles. The summed E-state index contributed by atoms with van der Waals surface area (Å²) in [6.07, 6.45) is 2.50. The van der Waals surface area contributed by atoms with Crippen molar-refractivity contribution >= 4 is 11.9 Å². The van der Waals surface area contributed by atoms with E-state index in [9.17, 15) is 9.59 Å². The van der Waals surface area contributed by atoms with Crippen molar-refractivity contribution in [3.8, 4) is 0 Å². The molecule has 0 aliphatic heterocycles. The SMILES string of the molecule is CCOC(=O)C(=O)NCCN(CC)C1CC1. The van der Waals surface area contributed by atoms with E-state index in [2.05, 4.69) is 21.9 Å². The standard InChI is InChI=1S/C11H20N2O3/c1-3-13(9-5-6-9)8-7-12-10(14)11(15)16-4-2/h9H,3-8H2,1-2H3,(H,12,14). The van der Waals surface area contributed by atoms with Crippen molar-refractivity contribution in [2.24, 2.45) is 0 Å². The summed E-state index contributed by atoms with van der Waals surface area (Å²) in [7, 11) is 0. The second-order valence-electron chi connectivity index (χ2n) is 3.84. The van der Waals surface area contributed by atoms with Crippen LogP contribution in [0.4, 0.5) is 0 Å². The fourth-order valence-electron chi connectivity index (χ4n) is 1.62. The summed E-state index contributed by atoms with van der Waals surface area (Å²) < 4.78 is 4.58. The van der Waals surface area contributed by atoms with E-state index in [0.717, 1.165) is 13.1 Å². The average molecular weight is 228 g/mol. The molecule has 1 N–H and O–H groups in total. The zero-order valence-corrected chi connectivity index (χ0v) is 9.99. The smallest absolute Gasteiger partial charge is 0.396 e. The van der Waals surface area contributed by atoms with Gasteiger partial charge in [0.2, 0.25) is 0 Å². The van der Waals surface area contributed by atoms with E-state index in [-0.39, 0.29) is 6.61 Å². The van der Waals surface area contributed by atoms with Gasteiger partial charge in [-0.1, -0.05) is 6.92 Å². The zero-order valence-electron chi connectivity index (χ0n) is 9.99. The first-order chi connectivity index (χ1) is 7.69. The summed E-state index contributed by atoms with van der Waals surface area (Å²) in [5.74, 6) is -1.44. The molecule has 0 spiro atoms. The van der Waals surface area contributed by atoms with E-state index >= 15 is 0 Å². The number of carbonyl (C=O) groups excluding carboxylic acids is 2. The van der Waals surface area contributed by atoms with Gasteiger partial charge >= 0.3 is 11.9 Å². The highest BCUT2D eigenvalue weighted by molar-refractivity contribution is 6.32. The third-order valence-electron chi connectivity index (χ3n) is 2.61. The van der Waals surface area contributed by atoms with Gasteiger partial charge in [0.05, 0.1) is 6.61 Å². The molecule has 0 aromatic heterocycles. The molecule has 16 heavy (non-hydrogen) atoms. The van der Waals surface area contributed by atoms with Gasteiger partial charge in [-0.15, -0.1) is 0 Å². The summed E-state index contributed by atoms with van der Waals surface area (Å²) in [5, 5.41) is 2.56. The summed E-state index contributed by atoms with van der Waals surface area (Å²) in [6, 6.07) is 0.685. The molecular weight excluding hydrogens is 208 g/mol. The maximum absolute atomic E-state index is 11.2. The summed E-state index contributed by atoms with van der Waals surface area (Å²) in [6.45, 7) is 6.30. The molecule has 1 fully saturated rings. The number of hydrogen-bond donors (Lipinski definition) is 1. The quantitative estimate of drug-likeness (QED) is 0.519. The lowest BCUT2D eigenvalue weighted by Gasteiger charge is -2.19. The van der Waals surface area contributed by atoms with Crippen molar-refractivity contribution in [1.82, 2.24) is 10.2 Å². The van der Waals surface area contributed by atoms with Gasteiger partial charge in [-0.3, -0.25) is 9.69 Å². The summed E-state index contributed by atoms with van der Waals surface area (Å²) in [5.41, 5.74) is 0. The number of ether oxygens (including phenoxy) is 1. The van der Waals surface area contributed by atoms with E-state index in [4.69, 9.17) is 0 Å². The summed E-state index contributed by atoms with van der Waals surface area (Å²) >= 11 is 0. The van der Waals surface area contributed by atoms with Crippen LogP contribution in [-0.2, 0) is 14.3 Å². The monoisotopic (exact) mass is 228 g/mol. The maximum Gasteiger partial charge on any atom is 0.396 e. The van der Waals surface area contributed by atoms with Crippen LogP contribution in [0.3, 0.4) is 0 Å². The van der Waals surface area contributed by atoms with Gasteiger partial charge in [-0.2, -0.15) is 0 Å². The van der Waals surface area contributed by atoms with Gasteiger partial charge in [0.15, 0.2) is 0 Å². The van der Waals surface area contributed by atoms with Crippen LogP contribution in [0.15, 0.2) is 0 Å². The largest absolute Gasteiger partial charge is 0.459 e. The highest BCUT2D eigenvalue weighted by atomic mass is 16.5. The Bertz CT molecular complexity index is 252. The van der Waals surface area contributed by atoms with Crippen LogP contribution < -0.4 is 5.32 Å². The van der Waals surface area contributed by atoms with Crippen LogP contribution >= 0.6 is 0 Å². The molecule has 0 radical (unpaired) electrons. The van der Waals surface area contributed by atoms with Gasteiger partial charge in [0.1, 0.15) is 0 Å². The van der Waals surface area contributed by atoms with Gasteiger partial charge in [-0.25, -0.2) is 4.79 Å². The highest BCUT2D eigenvalue weighted by Gasteiger charge is 2.27. The predicted octanol–water partition coefficient (Wildman–Crippen LogP) is 0.150. The molecule has 0 atom stereocenters. The van der Waals surface area contributed by atoms with Crippen molar-refractivity contribution in [2.45, 2.75) is 32.7 Å². The molecule has 0 unspecified atom stereocenters. The van der Waals surface area contributed by atoms with Gasteiger partial charge in [-0.05, 0) is 26.3 Å². The number of nitrogens with one attached hydrogen (secondary N) is 1. The Balaban J connectivity index is 2.13. The van der Waals surface area contributed by atoms with Crippen LogP contribution in [0.25, 0.3) is 0 Å². The Labute approximate surface area is 96.1 Å². The number of nitrogens with zero attached hydrogens (tertiary/aromatic N) is 1. The summed E-state index contributed by atoms with van der Waals surface area (Å²) in [4.78, 5) is 24.5. The molecule has 0 saturated heterocycles. The third kappa shape index (κ3) is 4.18. The molecule has 0 aromatic carbocycles. The second kappa shape index (κ2) is 6.48. The number of likely N-dealkylation sites (N-methyl/N-ethyl adjacent to an activating group) is 1. The zero-order chi connectivity index (χ0) is 12.0. The molecule has 0 aromatic rings. The molecule has 1 rings (SSSR count). The molecule has 1 aliphatic rings. The van der Waals surface area contributed by atoms with Crippen LogP contribution in [0, 0.1) is 0 Å². The molecule has 92 valence electrons. The number of carbonyl (C=O) groups is 2. The first-order valence-electron chi connectivity index (χ1n) is 5.88. The number of esters is 1. The fraction of sp³-hybridized carbons (Fsp3) is 0.818. The number of amides is 1. The Morgan fingerprint density at radius 2 is 2.06 bits per heavy atom. The lowest BCUT2D eigenvalue weighted by Crippen LogP contribution is -2.39. The molecule has 1 aliphatic carbocycles. The van der Waals surface area contributed by atoms with Crippen LogP contribution in [0.1, 0.15) is 26.7 Å². The predicted molar refractivity (Wildman–Crippen MR) is 59.9 cm³/mol. The molecule has 1 saturated carbocycles. The van der Waals surface area contributed by atoms with Crippen molar-refractivity contribution in [3.63, 3.8) is 0 Å². The average Bonchev–Trinajstić information content (AvgIpc) is 3.08. The van der Waals surface area contributed by atoms with E-state index in [1.54, 1.807) is 6.92 Å². The van der Waals surface area contributed by atoms with E-state index in [1.807, 2.05) is 0 Å². The molecule has 0 bridgehead atoms. The second-order valence-corrected chi connectivity index (χ2v) is 3.84.